The fraction of sp³-hybridized carbons (Fsp3) is 0.357. The molecule has 0 radical (unpaired) electrons. The summed E-state index contributed by atoms with van der Waals surface area (Å²) in [4.78, 5) is 8.41. The van der Waals surface area contributed by atoms with Crippen molar-refractivity contribution in [2.75, 3.05) is 11.9 Å². The van der Waals surface area contributed by atoms with Gasteiger partial charge in [0, 0.05) is 37.9 Å². The van der Waals surface area contributed by atoms with Crippen LogP contribution in [0.25, 0.3) is 5.52 Å². The summed E-state index contributed by atoms with van der Waals surface area (Å²) in [6, 6.07) is 2.04. The van der Waals surface area contributed by atoms with Crippen LogP contribution >= 0.6 is 0 Å². The van der Waals surface area contributed by atoms with Gasteiger partial charge in [-0.2, -0.15) is 5.10 Å². The third-order valence-corrected chi connectivity index (χ3v) is 3.21. The van der Waals surface area contributed by atoms with Gasteiger partial charge >= 0.3 is 0 Å². The fourth-order valence-corrected chi connectivity index (χ4v) is 2.23. The number of unbranched alkanes of at least 4 members (excludes halogenated alkanes) is 1. The van der Waals surface area contributed by atoms with Gasteiger partial charge in [0.25, 0.3) is 0 Å². The van der Waals surface area contributed by atoms with Crippen LogP contribution in [0.3, 0.4) is 0 Å². The van der Waals surface area contributed by atoms with Crippen molar-refractivity contribution in [1.29, 1.82) is 0 Å². The number of imidazole rings is 1. The van der Waals surface area contributed by atoms with E-state index in [-0.39, 0.29) is 0 Å². The van der Waals surface area contributed by atoms with Crippen molar-refractivity contribution in [3.63, 3.8) is 0 Å². The third-order valence-electron chi connectivity index (χ3n) is 3.21. The Balaban J connectivity index is 1.52. The van der Waals surface area contributed by atoms with Gasteiger partial charge in [-0.3, -0.25) is 0 Å². The number of fused-ring (bicyclic) bond motifs is 1. The van der Waals surface area contributed by atoms with E-state index in [1.807, 2.05) is 42.4 Å². The summed E-state index contributed by atoms with van der Waals surface area (Å²) >= 11 is 0. The Morgan fingerprint density at radius 3 is 3.00 bits per heavy atom. The van der Waals surface area contributed by atoms with Gasteiger partial charge in [0.15, 0.2) is 5.82 Å². The summed E-state index contributed by atoms with van der Waals surface area (Å²) in [6.45, 7) is 3.90. The molecule has 0 saturated carbocycles. The molecule has 0 bridgehead atoms. The molecule has 104 valence electrons. The predicted octanol–water partition coefficient (Wildman–Crippen LogP) is 2.13. The Morgan fingerprint density at radius 1 is 1.20 bits per heavy atom. The molecule has 0 spiro atoms. The first kappa shape index (κ1) is 12.7. The zero-order valence-electron chi connectivity index (χ0n) is 11.5. The average molecular weight is 270 g/mol. The maximum Gasteiger partial charge on any atom is 0.152 e. The highest BCUT2D eigenvalue weighted by Gasteiger charge is 2.04. The lowest BCUT2D eigenvalue weighted by Gasteiger charge is -2.07. The van der Waals surface area contributed by atoms with Crippen LogP contribution in [0.1, 0.15) is 18.5 Å². The van der Waals surface area contributed by atoms with E-state index < -0.39 is 0 Å². The molecule has 3 aromatic heterocycles. The third kappa shape index (κ3) is 2.79. The summed E-state index contributed by atoms with van der Waals surface area (Å²) in [7, 11) is 0. The Kier molecular flexibility index (Phi) is 3.62. The van der Waals surface area contributed by atoms with E-state index in [1.54, 1.807) is 6.20 Å². The quantitative estimate of drug-likeness (QED) is 0.697. The van der Waals surface area contributed by atoms with Crippen LogP contribution in [0.5, 0.6) is 0 Å². The van der Waals surface area contributed by atoms with E-state index in [1.165, 1.54) is 0 Å². The molecule has 0 amide bonds. The van der Waals surface area contributed by atoms with Gasteiger partial charge in [-0.05, 0) is 25.8 Å². The van der Waals surface area contributed by atoms with Crippen molar-refractivity contribution in [2.24, 2.45) is 0 Å². The normalized spacial score (nSPS) is 11.1. The summed E-state index contributed by atoms with van der Waals surface area (Å²) in [6.07, 6.45) is 11.5. The van der Waals surface area contributed by atoms with E-state index in [4.69, 9.17) is 0 Å². The maximum atomic E-state index is 4.38. The Hall–Kier alpha value is -2.37. The number of hydrogen-bond acceptors (Lipinski definition) is 4. The summed E-state index contributed by atoms with van der Waals surface area (Å²) in [5.41, 5.74) is 2.03. The fourth-order valence-electron chi connectivity index (χ4n) is 2.23. The lowest BCUT2D eigenvalue weighted by molar-refractivity contribution is 0.620. The van der Waals surface area contributed by atoms with Crippen molar-refractivity contribution >= 4 is 11.3 Å². The van der Waals surface area contributed by atoms with Gasteiger partial charge in [-0.25, -0.2) is 14.5 Å². The molecule has 3 rings (SSSR count). The largest absolute Gasteiger partial charge is 0.368 e. The number of nitrogens with one attached hydrogen (secondary N) is 1. The predicted molar refractivity (Wildman–Crippen MR) is 77.7 cm³/mol. The molecule has 20 heavy (non-hydrogen) atoms. The second-order valence-corrected chi connectivity index (χ2v) is 4.83. The van der Waals surface area contributed by atoms with E-state index >= 15 is 0 Å². The maximum absolute atomic E-state index is 4.38. The molecule has 0 aliphatic heterocycles. The van der Waals surface area contributed by atoms with Gasteiger partial charge in [0.1, 0.15) is 5.52 Å². The lowest BCUT2D eigenvalue weighted by Crippen LogP contribution is -2.06. The second-order valence-electron chi connectivity index (χ2n) is 4.83. The number of aryl methyl sites for hydroxylation is 2. The minimum Gasteiger partial charge on any atom is -0.368 e. The SMILES string of the molecule is Cc1cc2c(NCCCCn3ccnc3)nccn2n1. The Bertz CT molecular complexity index is 670. The van der Waals surface area contributed by atoms with Gasteiger partial charge in [-0.15, -0.1) is 0 Å². The first-order chi connectivity index (χ1) is 9.83. The van der Waals surface area contributed by atoms with Crippen molar-refractivity contribution in [3.05, 3.63) is 42.9 Å². The van der Waals surface area contributed by atoms with E-state index in [0.29, 0.717) is 0 Å². The van der Waals surface area contributed by atoms with Crippen molar-refractivity contribution < 1.29 is 0 Å². The van der Waals surface area contributed by atoms with Crippen molar-refractivity contribution in [1.82, 2.24) is 24.1 Å². The minimum atomic E-state index is 0.899. The molecule has 3 heterocycles. The highest BCUT2D eigenvalue weighted by Crippen LogP contribution is 2.14. The average Bonchev–Trinajstić information content (AvgIpc) is 3.06. The highest BCUT2D eigenvalue weighted by molar-refractivity contribution is 5.67. The molecule has 0 aliphatic carbocycles. The standard InChI is InChI=1S/C14H18N6/c1-12-10-13-14(17-6-9-20(13)18-12)16-4-2-3-7-19-8-5-15-11-19/h5-6,8-11H,2-4,7H2,1H3,(H,16,17). The summed E-state index contributed by atoms with van der Waals surface area (Å²) in [5, 5.41) is 7.76. The van der Waals surface area contributed by atoms with Crippen molar-refractivity contribution in [3.8, 4) is 0 Å². The molecule has 0 fully saturated rings. The second kappa shape index (κ2) is 5.73. The van der Waals surface area contributed by atoms with E-state index in [9.17, 15) is 0 Å². The minimum absolute atomic E-state index is 0.899. The first-order valence-electron chi connectivity index (χ1n) is 6.83. The first-order valence-corrected chi connectivity index (χ1v) is 6.83. The zero-order chi connectivity index (χ0) is 13.8. The van der Waals surface area contributed by atoms with Crippen LogP contribution in [-0.2, 0) is 6.54 Å². The number of nitrogens with zero attached hydrogens (tertiary/aromatic N) is 5. The van der Waals surface area contributed by atoms with Crippen LogP contribution in [0.2, 0.25) is 0 Å². The molecule has 0 aromatic carbocycles. The molecular weight excluding hydrogens is 252 g/mol. The van der Waals surface area contributed by atoms with E-state index in [0.717, 1.165) is 43.0 Å². The highest BCUT2D eigenvalue weighted by atomic mass is 15.2. The Labute approximate surface area is 117 Å². The van der Waals surface area contributed by atoms with Gasteiger partial charge in [0.05, 0.1) is 12.0 Å². The summed E-state index contributed by atoms with van der Waals surface area (Å²) in [5.74, 6) is 0.899. The van der Waals surface area contributed by atoms with Crippen LogP contribution in [0.15, 0.2) is 37.2 Å². The van der Waals surface area contributed by atoms with Crippen LogP contribution in [0, 0.1) is 6.92 Å². The van der Waals surface area contributed by atoms with Crippen LogP contribution < -0.4 is 5.32 Å². The zero-order valence-corrected chi connectivity index (χ0v) is 11.5. The number of rotatable bonds is 6. The molecule has 0 atom stereocenters. The number of aromatic nitrogens is 5. The van der Waals surface area contributed by atoms with Crippen molar-refractivity contribution in [2.45, 2.75) is 26.3 Å². The topological polar surface area (TPSA) is 60.0 Å². The molecule has 0 saturated heterocycles. The number of hydrogen-bond donors (Lipinski definition) is 1. The molecule has 0 aliphatic rings. The Morgan fingerprint density at radius 2 is 2.15 bits per heavy atom. The monoisotopic (exact) mass is 270 g/mol. The van der Waals surface area contributed by atoms with Crippen LogP contribution in [-0.4, -0.2) is 30.7 Å². The van der Waals surface area contributed by atoms with E-state index in [2.05, 4.69) is 25.0 Å². The van der Waals surface area contributed by atoms with Gasteiger partial charge < -0.3 is 9.88 Å². The molecule has 1 N–H and O–H groups in total. The molecule has 6 nitrogen and oxygen atoms in total. The van der Waals surface area contributed by atoms with Gasteiger partial charge in [0.2, 0.25) is 0 Å². The molecule has 6 heteroatoms. The lowest BCUT2D eigenvalue weighted by atomic mass is 10.3. The van der Waals surface area contributed by atoms with Gasteiger partial charge in [-0.1, -0.05) is 0 Å². The number of anilines is 1. The van der Waals surface area contributed by atoms with Crippen LogP contribution in [0.4, 0.5) is 5.82 Å². The molecule has 0 unspecified atom stereocenters. The molecular formula is C14H18N6. The smallest absolute Gasteiger partial charge is 0.152 e. The summed E-state index contributed by atoms with van der Waals surface area (Å²) < 4.78 is 3.95. The molecule has 3 aromatic rings.